The first-order chi connectivity index (χ1) is 11.8. The van der Waals surface area contributed by atoms with Gasteiger partial charge in [-0.25, -0.2) is 4.98 Å². The molecule has 0 bridgehead atoms. The minimum atomic E-state index is -0.199. The number of likely N-dealkylation sites (tertiary alicyclic amines) is 1. The van der Waals surface area contributed by atoms with Crippen LogP contribution in [0.1, 0.15) is 36.7 Å². The van der Waals surface area contributed by atoms with E-state index in [-0.39, 0.29) is 11.9 Å². The molecule has 3 heterocycles. The molecule has 24 heavy (non-hydrogen) atoms. The first-order valence-electron chi connectivity index (χ1n) is 8.91. The molecule has 0 spiro atoms. The molecule has 1 aromatic heterocycles. The summed E-state index contributed by atoms with van der Waals surface area (Å²) in [6, 6.07) is 10.0. The van der Waals surface area contributed by atoms with Crippen molar-refractivity contribution in [3.63, 3.8) is 0 Å². The Labute approximate surface area is 142 Å². The second-order valence-electron chi connectivity index (χ2n) is 6.71. The van der Waals surface area contributed by atoms with Gasteiger partial charge in [0.2, 0.25) is 5.91 Å². The van der Waals surface area contributed by atoms with Crippen LogP contribution in [0.15, 0.2) is 42.7 Å². The average Bonchev–Trinajstić information content (AvgIpc) is 3.11. The van der Waals surface area contributed by atoms with Crippen LogP contribution in [-0.2, 0) is 17.9 Å². The van der Waals surface area contributed by atoms with E-state index >= 15 is 0 Å². The second kappa shape index (κ2) is 6.77. The number of benzene rings is 1. The highest BCUT2D eigenvalue weighted by Gasteiger charge is 2.33. The third kappa shape index (κ3) is 2.96. The molecule has 1 saturated heterocycles. The van der Waals surface area contributed by atoms with Crippen LogP contribution in [-0.4, -0.2) is 44.9 Å². The van der Waals surface area contributed by atoms with Gasteiger partial charge in [-0.05, 0) is 24.8 Å². The molecule has 0 saturated carbocycles. The maximum absolute atomic E-state index is 13.3. The first-order valence-corrected chi connectivity index (χ1v) is 8.91. The quantitative estimate of drug-likeness (QED) is 0.871. The molecule has 1 aromatic carbocycles. The van der Waals surface area contributed by atoms with Gasteiger partial charge in [0, 0.05) is 38.6 Å². The summed E-state index contributed by atoms with van der Waals surface area (Å²) in [5.74, 6) is 1.30. The van der Waals surface area contributed by atoms with E-state index in [0.717, 1.165) is 57.0 Å². The van der Waals surface area contributed by atoms with Gasteiger partial charge < -0.3 is 9.47 Å². The largest absolute Gasteiger partial charge is 0.341 e. The number of carbonyl (C=O) groups is 1. The van der Waals surface area contributed by atoms with E-state index in [2.05, 4.69) is 31.5 Å². The fourth-order valence-electron chi connectivity index (χ4n) is 3.84. The zero-order valence-corrected chi connectivity index (χ0v) is 14.0. The molecule has 0 unspecified atom stereocenters. The number of aromatic nitrogens is 2. The van der Waals surface area contributed by atoms with Crippen molar-refractivity contribution in [2.75, 3.05) is 19.6 Å². The summed E-state index contributed by atoms with van der Waals surface area (Å²) in [6.45, 7) is 4.29. The summed E-state index contributed by atoms with van der Waals surface area (Å²) in [5.41, 5.74) is 1.09. The highest BCUT2D eigenvalue weighted by molar-refractivity contribution is 5.83. The van der Waals surface area contributed by atoms with E-state index in [1.807, 2.05) is 30.6 Å². The molecule has 0 aliphatic carbocycles. The van der Waals surface area contributed by atoms with Crippen molar-refractivity contribution in [3.05, 3.63) is 54.1 Å². The van der Waals surface area contributed by atoms with E-state index in [1.165, 1.54) is 6.42 Å². The van der Waals surface area contributed by atoms with Gasteiger partial charge in [0.25, 0.3) is 0 Å². The summed E-state index contributed by atoms with van der Waals surface area (Å²) in [4.78, 5) is 22.1. The third-order valence-corrected chi connectivity index (χ3v) is 5.16. The number of amides is 1. The van der Waals surface area contributed by atoms with Crippen molar-refractivity contribution in [1.82, 2.24) is 19.4 Å². The standard InChI is InChI=1S/C19H24N4O/c24-19(22-10-5-2-6-11-22)18(16-7-3-1-4-8-16)23-14-13-21-12-9-20-17(21)15-23/h1,3-4,7-9,12,18H,2,5-6,10-11,13-15H2/t18-/m1/s1. The average molecular weight is 324 g/mol. The Hall–Kier alpha value is -2.14. The van der Waals surface area contributed by atoms with Gasteiger partial charge >= 0.3 is 0 Å². The SMILES string of the molecule is O=C([C@@H](c1ccccc1)N1CCn2ccnc2C1)N1CCCCC1. The number of carbonyl (C=O) groups excluding carboxylic acids is 1. The normalized spacial score (nSPS) is 19.8. The lowest BCUT2D eigenvalue weighted by Gasteiger charge is -2.38. The topological polar surface area (TPSA) is 41.4 Å². The molecular weight excluding hydrogens is 300 g/mol. The van der Waals surface area contributed by atoms with E-state index in [1.54, 1.807) is 0 Å². The minimum Gasteiger partial charge on any atom is -0.341 e. The Morgan fingerprint density at radius 1 is 1.00 bits per heavy atom. The molecule has 2 aliphatic rings. The monoisotopic (exact) mass is 324 g/mol. The maximum Gasteiger partial charge on any atom is 0.244 e. The molecule has 4 rings (SSSR count). The van der Waals surface area contributed by atoms with Gasteiger partial charge in [-0.15, -0.1) is 0 Å². The number of piperidine rings is 1. The summed E-state index contributed by atoms with van der Waals surface area (Å²) in [7, 11) is 0. The lowest BCUT2D eigenvalue weighted by molar-refractivity contribution is -0.139. The summed E-state index contributed by atoms with van der Waals surface area (Å²) < 4.78 is 2.18. The number of rotatable bonds is 3. The van der Waals surface area contributed by atoms with Crippen LogP contribution in [0.25, 0.3) is 0 Å². The fourth-order valence-corrected chi connectivity index (χ4v) is 3.84. The predicted molar refractivity (Wildman–Crippen MR) is 92.3 cm³/mol. The highest BCUT2D eigenvalue weighted by atomic mass is 16.2. The molecule has 2 aromatic rings. The Morgan fingerprint density at radius 2 is 1.79 bits per heavy atom. The van der Waals surface area contributed by atoms with Crippen LogP contribution >= 0.6 is 0 Å². The fraction of sp³-hybridized carbons (Fsp3) is 0.474. The molecule has 1 amide bonds. The first kappa shape index (κ1) is 15.4. The minimum absolute atomic E-state index is 0.199. The number of hydrogen-bond donors (Lipinski definition) is 0. The maximum atomic E-state index is 13.3. The Bertz CT molecular complexity index is 690. The van der Waals surface area contributed by atoms with Gasteiger partial charge in [-0.2, -0.15) is 0 Å². The highest BCUT2D eigenvalue weighted by Crippen LogP contribution is 2.28. The molecule has 0 N–H and O–H groups in total. The van der Waals surface area contributed by atoms with E-state index in [0.29, 0.717) is 0 Å². The van der Waals surface area contributed by atoms with Crippen LogP contribution < -0.4 is 0 Å². The van der Waals surface area contributed by atoms with E-state index in [4.69, 9.17) is 0 Å². The van der Waals surface area contributed by atoms with Gasteiger partial charge in [0.1, 0.15) is 11.9 Å². The summed E-state index contributed by atoms with van der Waals surface area (Å²) in [5, 5.41) is 0. The Kier molecular flexibility index (Phi) is 4.34. The van der Waals surface area contributed by atoms with Crippen LogP contribution in [0.5, 0.6) is 0 Å². The van der Waals surface area contributed by atoms with Crippen molar-refractivity contribution in [3.8, 4) is 0 Å². The molecule has 126 valence electrons. The second-order valence-corrected chi connectivity index (χ2v) is 6.71. The molecule has 5 heteroatoms. The van der Waals surface area contributed by atoms with Crippen molar-refractivity contribution < 1.29 is 4.79 Å². The zero-order valence-electron chi connectivity index (χ0n) is 14.0. The van der Waals surface area contributed by atoms with Gasteiger partial charge in [0.05, 0.1) is 6.54 Å². The van der Waals surface area contributed by atoms with Crippen LogP contribution in [0.3, 0.4) is 0 Å². The van der Waals surface area contributed by atoms with Gasteiger partial charge in [-0.3, -0.25) is 9.69 Å². The van der Waals surface area contributed by atoms with Crippen molar-refractivity contribution in [2.45, 2.75) is 38.4 Å². The molecular formula is C19H24N4O. The number of fused-ring (bicyclic) bond motifs is 1. The lowest BCUT2D eigenvalue weighted by Crippen LogP contribution is -2.47. The smallest absolute Gasteiger partial charge is 0.244 e. The van der Waals surface area contributed by atoms with Crippen molar-refractivity contribution in [1.29, 1.82) is 0 Å². The third-order valence-electron chi connectivity index (χ3n) is 5.16. The zero-order chi connectivity index (χ0) is 16.4. The van der Waals surface area contributed by atoms with Gasteiger partial charge in [-0.1, -0.05) is 30.3 Å². The molecule has 2 aliphatic heterocycles. The molecule has 1 atom stereocenters. The lowest BCUT2D eigenvalue weighted by atomic mass is 10.0. The van der Waals surface area contributed by atoms with Crippen LogP contribution in [0, 0.1) is 0 Å². The van der Waals surface area contributed by atoms with E-state index in [9.17, 15) is 4.79 Å². The van der Waals surface area contributed by atoms with Crippen molar-refractivity contribution in [2.24, 2.45) is 0 Å². The molecule has 0 radical (unpaired) electrons. The predicted octanol–water partition coefficient (Wildman–Crippen LogP) is 2.45. The van der Waals surface area contributed by atoms with Crippen molar-refractivity contribution >= 4 is 5.91 Å². The number of hydrogen-bond acceptors (Lipinski definition) is 3. The Morgan fingerprint density at radius 3 is 2.58 bits per heavy atom. The summed E-state index contributed by atoms with van der Waals surface area (Å²) >= 11 is 0. The molecule has 5 nitrogen and oxygen atoms in total. The number of imidazole rings is 1. The number of nitrogens with zero attached hydrogens (tertiary/aromatic N) is 4. The summed E-state index contributed by atoms with van der Waals surface area (Å²) in [6.07, 6.45) is 7.36. The molecule has 1 fully saturated rings. The van der Waals surface area contributed by atoms with Gasteiger partial charge in [0.15, 0.2) is 0 Å². The Balaban J connectivity index is 1.62. The van der Waals surface area contributed by atoms with E-state index < -0.39 is 0 Å². The van der Waals surface area contributed by atoms with Crippen LogP contribution in [0.2, 0.25) is 0 Å². The van der Waals surface area contributed by atoms with Crippen LogP contribution in [0.4, 0.5) is 0 Å².